The molecule has 0 radical (unpaired) electrons. The zero-order chi connectivity index (χ0) is 13.8. The number of ether oxygens (including phenoxy) is 1. The largest absolute Gasteiger partial charge is 0.457 e. The molecule has 0 amide bonds. The molecule has 2 aromatic carbocycles. The van der Waals surface area contributed by atoms with Crippen molar-refractivity contribution in [2.75, 3.05) is 0 Å². The number of nitro groups is 1. The summed E-state index contributed by atoms with van der Waals surface area (Å²) in [5, 5.41) is 19.8. The summed E-state index contributed by atoms with van der Waals surface area (Å²) in [4.78, 5) is 10.1. The number of aliphatic hydroxyl groups is 1. The van der Waals surface area contributed by atoms with Crippen molar-refractivity contribution in [3.8, 4) is 11.5 Å². The molecule has 0 unspecified atom stereocenters. The summed E-state index contributed by atoms with van der Waals surface area (Å²) < 4.78 is 6.43. The first kappa shape index (κ1) is 13.5. The lowest BCUT2D eigenvalue weighted by atomic mass is 10.2. The standard InChI is InChI=1S/C13H10BrNO4/c14-10-1-6-13(9(7-10)8-16)19-12-4-2-11(3-5-12)15(17)18/h1-7,16H,8H2. The van der Waals surface area contributed by atoms with Gasteiger partial charge in [-0.15, -0.1) is 0 Å². The fourth-order valence-corrected chi connectivity index (χ4v) is 1.94. The van der Waals surface area contributed by atoms with Crippen LogP contribution in [0.15, 0.2) is 46.9 Å². The summed E-state index contributed by atoms with van der Waals surface area (Å²) in [6.07, 6.45) is 0. The molecule has 0 spiro atoms. The fraction of sp³-hybridized carbons (Fsp3) is 0.0769. The number of benzene rings is 2. The Bertz CT molecular complexity index is 598. The van der Waals surface area contributed by atoms with E-state index >= 15 is 0 Å². The average molecular weight is 324 g/mol. The van der Waals surface area contributed by atoms with Gasteiger partial charge in [-0.25, -0.2) is 0 Å². The highest BCUT2D eigenvalue weighted by Crippen LogP contribution is 2.29. The van der Waals surface area contributed by atoms with Crippen molar-refractivity contribution in [1.82, 2.24) is 0 Å². The molecule has 2 rings (SSSR count). The molecular formula is C13H10BrNO4. The molecule has 0 heterocycles. The summed E-state index contributed by atoms with van der Waals surface area (Å²) in [5.74, 6) is 0.988. The number of aliphatic hydroxyl groups excluding tert-OH is 1. The van der Waals surface area contributed by atoms with Gasteiger partial charge in [-0.2, -0.15) is 0 Å². The van der Waals surface area contributed by atoms with Crippen LogP contribution in [0.4, 0.5) is 5.69 Å². The number of non-ortho nitro benzene ring substituents is 1. The first-order valence-electron chi connectivity index (χ1n) is 5.42. The van der Waals surface area contributed by atoms with E-state index in [1.807, 2.05) is 0 Å². The third-order valence-electron chi connectivity index (χ3n) is 2.47. The van der Waals surface area contributed by atoms with Gasteiger partial charge in [0.15, 0.2) is 0 Å². The molecule has 19 heavy (non-hydrogen) atoms. The molecule has 0 aliphatic rings. The topological polar surface area (TPSA) is 72.6 Å². The van der Waals surface area contributed by atoms with E-state index in [9.17, 15) is 15.2 Å². The Labute approximate surface area is 117 Å². The Balaban J connectivity index is 2.23. The predicted molar refractivity (Wildman–Crippen MR) is 73.2 cm³/mol. The molecule has 1 N–H and O–H groups in total. The SMILES string of the molecule is O=[N+]([O-])c1ccc(Oc2ccc(Br)cc2CO)cc1. The van der Waals surface area contributed by atoms with Crippen molar-refractivity contribution in [3.63, 3.8) is 0 Å². The molecule has 0 aliphatic carbocycles. The van der Waals surface area contributed by atoms with Crippen LogP contribution in [0, 0.1) is 10.1 Å². The lowest BCUT2D eigenvalue weighted by molar-refractivity contribution is -0.384. The zero-order valence-corrected chi connectivity index (χ0v) is 11.3. The monoisotopic (exact) mass is 323 g/mol. The minimum absolute atomic E-state index is 0.00513. The quantitative estimate of drug-likeness (QED) is 0.688. The molecule has 5 nitrogen and oxygen atoms in total. The van der Waals surface area contributed by atoms with Crippen molar-refractivity contribution >= 4 is 21.6 Å². The van der Waals surface area contributed by atoms with Gasteiger partial charge in [-0.1, -0.05) is 15.9 Å². The van der Waals surface area contributed by atoms with Crippen LogP contribution in [0.1, 0.15) is 5.56 Å². The van der Waals surface area contributed by atoms with E-state index < -0.39 is 4.92 Å². The number of nitro benzene ring substituents is 1. The Kier molecular flexibility index (Phi) is 4.13. The number of rotatable bonds is 4. The third kappa shape index (κ3) is 3.30. The van der Waals surface area contributed by atoms with Crippen LogP contribution in [0.25, 0.3) is 0 Å². The molecule has 0 fully saturated rings. The van der Waals surface area contributed by atoms with Gasteiger partial charge >= 0.3 is 0 Å². The maximum absolute atomic E-state index is 10.5. The molecule has 2 aromatic rings. The van der Waals surface area contributed by atoms with Gasteiger partial charge in [0, 0.05) is 22.2 Å². The molecule has 0 saturated carbocycles. The van der Waals surface area contributed by atoms with Crippen LogP contribution >= 0.6 is 15.9 Å². The second kappa shape index (κ2) is 5.81. The molecule has 0 aromatic heterocycles. The second-order valence-corrected chi connectivity index (χ2v) is 4.68. The number of halogens is 1. The van der Waals surface area contributed by atoms with Crippen LogP contribution in [-0.4, -0.2) is 10.0 Å². The van der Waals surface area contributed by atoms with E-state index in [2.05, 4.69) is 15.9 Å². The summed E-state index contributed by atoms with van der Waals surface area (Å²) in [7, 11) is 0. The van der Waals surface area contributed by atoms with Crippen LogP contribution in [0.2, 0.25) is 0 Å². The van der Waals surface area contributed by atoms with E-state index in [-0.39, 0.29) is 12.3 Å². The van der Waals surface area contributed by atoms with Crippen molar-refractivity contribution in [2.24, 2.45) is 0 Å². The van der Waals surface area contributed by atoms with Gasteiger partial charge < -0.3 is 9.84 Å². The molecule has 0 bridgehead atoms. The van der Waals surface area contributed by atoms with Gasteiger partial charge in [0.1, 0.15) is 11.5 Å². The maximum Gasteiger partial charge on any atom is 0.269 e. The van der Waals surface area contributed by atoms with Gasteiger partial charge in [0.25, 0.3) is 5.69 Å². The Morgan fingerprint density at radius 1 is 1.21 bits per heavy atom. The second-order valence-electron chi connectivity index (χ2n) is 3.76. The van der Waals surface area contributed by atoms with E-state index in [1.165, 1.54) is 24.3 Å². The first-order chi connectivity index (χ1) is 9.10. The van der Waals surface area contributed by atoms with E-state index in [0.29, 0.717) is 17.1 Å². The maximum atomic E-state index is 10.5. The number of hydrogen-bond acceptors (Lipinski definition) is 4. The molecule has 0 atom stereocenters. The summed E-state index contributed by atoms with van der Waals surface area (Å²) >= 11 is 3.31. The fourth-order valence-electron chi connectivity index (χ4n) is 1.53. The normalized spacial score (nSPS) is 10.2. The highest BCUT2D eigenvalue weighted by atomic mass is 79.9. The molecular weight excluding hydrogens is 314 g/mol. The predicted octanol–water partition coefficient (Wildman–Crippen LogP) is 3.64. The van der Waals surface area contributed by atoms with E-state index in [0.717, 1.165) is 4.47 Å². The summed E-state index contributed by atoms with van der Waals surface area (Å²) in [6, 6.07) is 11.0. The molecule has 6 heteroatoms. The first-order valence-corrected chi connectivity index (χ1v) is 6.21. The Morgan fingerprint density at radius 2 is 1.89 bits per heavy atom. The lowest BCUT2D eigenvalue weighted by Gasteiger charge is -2.09. The Hall–Kier alpha value is -1.92. The van der Waals surface area contributed by atoms with E-state index in [1.54, 1.807) is 18.2 Å². The van der Waals surface area contributed by atoms with Crippen LogP contribution in [0.5, 0.6) is 11.5 Å². The molecule has 0 aliphatic heterocycles. The van der Waals surface area contributed by atoms with Gasteiger partial charge in [-0.3, -0.25) is 10.1 Å². The molecule has 98 valence electrons. The van der Waals surface area contributed by atoms with Gasteiger partial charge in [0.2, 0.25) is 0 Å². The summed E-state index contributed by atoms with van der Waals surface area (Å²) in [6.45, 7) is -0.151. The third-order valence-corrected chi connectivity index (χ3v) is 2.96. The van der Waals surface area contributed by atoms with E-state index in [4.69, 9.17) is 4.74 Å². The van der Waals surface area contributed by atoms with Crippen LogP contribution in [-0.2, 0) is 6.61 Å². The summed E-state index contributed by atoms with van der Waals surface area (Å²) in [5.41, 5.74) is 0.637. The van der Waals surface area contributed by atoms with Crippen molar-refractivity contribution in [1.29, 1.82) is 0 Å². The minimum Gasteiger partial charge on any atom is -0.457 e. The minimum atomic E-state index is -0.470. The van der Waals surface area contributed by atoms with Crippen molar-refractivity contribution in [2.45, 2.75) is 6.61 Å². The Morgan fingerprint density at radius 3 is 2.47 bits per heavy atom. The number of hydrogen-bond donors (Lipinski definition) is 1. The lowest BCUT2D eigenvalue weighted by Crippen LogP contribution is -1.92. The van der Waals surface area contributed by atoms with Gasteiger partial charge in [0.05, 0.1) is 11.5 Å². The highest BCUT2D eigenvalue weighted by Gasteiger charge is 2.08. The molecule has 0 saturated heterocycles. The zero-order valence-electron chi connectivity index (χ0n) is 9.75. The van der Waals surface area contributed by atoms with Gasteiger partial charge in [-0.05, 0) is 30.3 Å². The smallest absolute Gasteiger partial charge is 0.269 e. The average Bonchev–Trinajstić information content (AvgIpc) is 2.41. The highest BCUT2D eigenvalue weighted by molar-refractivity contribution is 9.10. The van der Waals surface area contributed by atoms with Crippen molar-refractivity contribution in [3.05, 3.63) is 62.6 Å². The van der Waals surface area contributed by atoms with Crippen LogP contribution < -0.4 is 4.74 Å². The number of nitrogens with zero attached hydrogens (tertiary/aromatic N) is 1. The van der Waals surface area contributed by atoms with Crippen LogP contribution in [0.3, 0.4) is 0 Å². The van der Waals surface area contributed by atoms with Crippen molar-refractivity contribution < 1.29 is 14.8 Å².